The van der Waals surface area contributed by atoms with E-state index in [1.54, 1.807) is 6.92 Å². The van der Waals surface area contributed by atoms with Crippen LogP contribution in [-0.2, 0) is 15.1 Å². The molecule has 5 nitrogen and oxygen atoms in total. The normalized spacial score (nSPS) is 22.1. The summed E-state index contributed by atoms with van der Waals surface area (Å²) < 4.78 is 0. The third-order valence-corrected chi connectivity index (χ3v) is 3.59. The molecule has 1 aliphatic rings. The van der Waals surface area contributed by atoms with Crippen molar-refractivity contribution >= 4 is 17.7 Å². The number of aryl methyl sites for hydroxylation is 1. The van der Waals surface area contributed by atoms with E-state index in [9.17, 15) is 14.4 Å². The average Bonchev–Trinajstić information content (AvgIpc) is 2.59. The predicted octanol–water partition coefficient (Wildman–Crippen LogP) is 1.74. The van der Waals surface area contributed by atoms with Crippen LogP contribution >= 0.6 is 0 Å². The molecule has 1 aromatic carbocycles. The molecule has 3 amide bonds. The lowest BCUT2D eigenvalue weighted by Gasteiger charge is -2.22. The second-order valence-corrected chi connectivity index (χ2v) is 5.33. The molecule has 0 unspecified atom stereocenters. The second kappa shape index (κ2) is 5.07. The van der Waals surface area contributed by atoms with Crippen LogP contribution in [0.1, 0.15) is 31.4 Å². The molecular weight excluding hydrogens is 256 g/mol. The van der Waals surface area contributed by atoms with Crippen LogP contribution in [0.25, 0.3) is 0 Å². The smallest absolute Gasteiger partial charge is 0.319 e. The number of nitrogens with one attached hydrogen (secondary N) is 1. The number of carbonyl (C=O) groups is 3. The van der Waals surface area contributed by atoms with Gasteiger partial charge in [0.05, 0.1) is 0 Å². The van der Waals surface area contributed by atoms with Gasteiger partial charge in [-0.1, -0.05) is 29.8 Å². The molecule has 1 aliphatic heterocycles. The van der Waals surface area contributed by atoms with Crippen molar-refractivity contribution < 1.29 is 14.4 Å². The highest BCUT2D eigenvalue weighted by molar-refractivity contribution is 6.07. The summed E-state index contributed by atoms with van der Waals surface area (Å²) in [5.74, 6) is -0.359. The van der Waals surface area contributed by atoms with Gasteiger partial charge in [-0.15, -0.1) is 0 Å². The van der Waals surface area contributed by atoms with Crippen molar-refractivity contribution in [3.8, 4) is 0 Å². The van der Waals surface area contributed by atoms with E-state index in [0.29, 0.717) is 0 Å². The Hall–Kier alpha value is -2.17. The Bertz CT molecular complexity index is 565. The molecule has 1 aromatic rings. The summed E-state index contributed by atoms with van der Waals surface area (Å²) in [7, 11) is 0. The van der Waals surface area contributed by atoms with E-state index < -0.39 is 11.6 Å². The number of ketones is 1. The molecule has 0 bridgehead atoms. The fourth-order valence-corrected chi connectivity index (χ4v) is 2.25. The molecule has 1 fully saturated rings. The van der Waals surface area contributed by atoms with Crippen LogP contribution in [0.3, 0.4) is 0 Å². The van der Waals surface area contributed by atoms with Crippen LogP contribution in [0.15, 0.2) is 24.3 Å². The van der Waals surface area contributed by atoms with Crippen LogP contribution in [-0.4, -0.2) is 29.2 Å². The molecule has 1 atom stereocenters. The third kappa shape index (κ3) is 2.43. The lowest BCUT2D eigenvalue weighted by molar-refractivity contribution is -0.131. The highest BCUT2D eigenvalue weighted by atomic mass is 16.2. The van der Waals surface area contributed by atoms with Crippen molar-refractivity contribution in [2.75, 3.05) is 6.54 Å². The highest BCUT2D eigenvalue weighted by Crippen LogP contribution is 2.29. The van der Waals surface area contributed by atoms with Crippen molar-refractivity contribution in [3.05, 3.63) is 35.4 Å². The maximum atomic E-state index is 12.5. The first-order valence-electron chi connectivity index (χ1n) is 6.55. The zero-order valence-corrected chi connectivity index (χ0v) is 11.9. The van der Waals surface area contributed by atoms with Gasteiger partial charge in [-0.2, -0.15) is 0 Å². The number of carbonyl (C=O) groups excluding carboxylic acids is 3. The molecule has 0 aliphatic carbocycles. The zero-order valence-electron chi connectivity index (χ0n) is 11.9. The van der Waals surface area contributed by atoms with E-state index in [1.807, 2.05) is 31.2 Å². The number of Topliss-reactive ketones (excluding diaryl/α,β-unsaturated/α-hetero) is 1. The summed E-state index contributed by atoms with van der Waals surface area (Å²) >= 11 is 0. The molecular formula is C15H18N2O3. The predicted molar refractivity (Wildman–Crippen MR) is 74.1 cm³/mol. The first kappa shape index (κ1) is 14.2. The highest BCUT2D eigenvalue weighted by Gasteiger charge is 2.48. The maximum absolute atomic E-state index is 12.5. The summed E-state index contributed by atoms with van der Waals surface area (Å²) in [4.78, 5) is 36.5. The van der Waals surface area contributed by atoms with Gasteiger partial charge in [-0.3, -0.25) is 14.5 Å². The molecule has 5 heteroatoms. The Labute approximate surface area is 118 Å². The van der Waals surface area contributed by atoms with E-state index in [-0.39, 0.29) is 24.7 Å². The summed E-state index contributed by atoms with van der Waals surface area (Å²) in [5.41, 5.74) is 0.774. The Balaban J connectivity index is 2.25. The van der Waals surface area contributed by atoms with Crippen molar-refractivity contribution in [3.63, 3.8) is 0 Å². The van der Waals surface area contributed by atoms with Gasteiger partial charge in [-0.25, -0.2) is 4.79 Å². The Morgan fingerprint density at radius 3 is 2.40 bits per heavy atom. The SMILES string of the molecule is CC(=O)CCN1C(=O)N[C@](C)(c2ccc(C)cc2)C1=O. The van der Waals surface area contributed by atoms with E-state index in [4.69, 9.17) is 0 Å². The Morgan fingerprint density at radius 2 is 1.85 bits per heavy atom. The van der Waals surface area contributed by atoms with Crippen molar-refractivity contribution in [2.24, 2.45) is 0 Å². The number of hydrogen-bond acceptors (Lipinski definition) is 3. The van der Waals surface area contributed by atoms with E-state index >= 15 is 0 Å². The van der Waals surface area contributed by atoms with E-state index in [2.05, 4.69) is 5.32 Å². The van der Waals surface area contributed by atoms with E-state index in [0.717, 1.165) is 16.0 Å². The quantitative estimate of drug-likeness (QED) is 0.850. The van der Waals surface area contributed by atoms with Gasteiger partial charge >= 0.3 is 6.03 Å². The summed E-state index contributed by atoms with van der Waals surface area (Å²) in [6, 6.07) is 7.03. The topological polar surface area (TPSA) is 66.5 Å². The summed E-state index contributed by atoms with van der Waals surface area (Å²) in [5, 5.41) is 2.72. The van der Waals surface area contributed by atoms with E-state index in [1.165, 1.54) is 6.92 Å². The molecule has 20 heavy (non-hydrogen) atoms. The van der Waals surface area contributed by atoms with Gasteiger partial charge in [0.15, 0.2) is 0 Å². The number of rotatable bonds is 4. The Morgan fingerprint density at radius 1 is 1.25 bits per heavy atom. The zero-order chi connectivity index (χ0) is 14.9. The van der Waals surface area contributed by atoms with Crippen LogP contribution in [0.5, 0.6) is 0 Å². The third-order valence-electron chi connectivity index (χ3n) is 3.59. The number of imide groups is 1. The monoisotopic (exact) mass is 274 g/mol. The number of benzene rings is 1. The van der Waals surface area contributed by atoms with Gasteiger partial charge in [-0.05, 0) is 26.3 Å². The van der Waals surface area contributed by atoms with Crippen LogP contribution < -0.4 is 5.32 Å². The minimum absolute atomic E-state index is 0.0467. The number of urea groups is 1. The van der Waals surface area contributed by atoms with Crippen LogP contribution in [0, 0.1) is 6.92 Å². The number of amides is 3. The minimum Gasteiger partial charge on any atom is -0.319 e. The summed E-state index contributed by atoms with van der Waals surface area (Å²) in [6.45, 7) is 5.21. The lowest BCUT2D eigenvalue weighted by Crippen LogP contribution is -2.41. The van der Waals surface area contributed by atoms with Crippen LogP contribution in [0.2, 0.25) is 0 Å². The van der Waals surface area contributed by atoms with Gasteiger partial charge in [0.2, 0.25) is 0 Å². The van der Waals surface area contributed by atoms with Gasteiger partial charge in [0.25, 0.3) is 5.91 Å². The molecule has 106 valence electrons. The van der Waals surface area contributed by atoms with Gasteiger partial charge in [0, 0.05) is 13.0 Å². The molecule has 0 aromatic heterocycles. The Kier molecular flexibility index (Phi) is 3.61. The molecule has 0 spiro atoms. The fraction of sp³-hybridized carbons (Fsp3) is 0.400. The molecule has 0 radical (unpaired) electrons. The largest absolute Gasteiger partial charge is 0.325 e. The van der Waals surface area contributed by atoms with Crippen LogP contribution in [0.4, 0.5) is 4.79 Å². The van der Waals surface area contributed by atoms with Crippen molar-refractivity contribution in [1.82, 2.24) is 10.2 Å². The van der Waals surface area contributed by atoms with Gasteiger partial charge in [0.1, 0.15) is 11.3 Å². The molecule has 1 heterocycles. The molecule has 1 N–H and O–H groups in total. The lowest BCUT2D eigenvalue weighted by atomic mass is 9.91. The second-order valence-electron chi connectivity index (χ2n) is 5.33. The standard InChI is InChI=1S/C15H18N2O3/c1-10-4-6-12(7-5-10)15(3)13(19)17(14(20)16-15)9-8-11(2)18/h4-7H,8-9H2,1-3H3,(H,16,20)/t15-/m1/s1. The van der Waals surface area contributed by atoms with Crippen molar-refractivity contribution in [2.45, 2.75) is 32.7 Å². The first-order valence-corrected chi connectivity index (χ1v) is 6.55. The maximum Gasteiger partial charge on any atom is 0.325 e. The molecule has 1 saturated heterocycles. The minimum atomic E-state index is -1.05. The average molecular weight is 274 g/mol. The summed E-state index contributed by atoms with van der Waals surface area (Å²) in [6.07, 6.45) is 0.184. The van der Waals surface area contributed by atoms with Gasteiger partial charge < -0.3 is 5.32 Å². The molecule has 2 rings (SSSR count). The number of hydrogen-bond donors (Lipinski definition) is 1. The van der Waals surface area contributed by atoms with Crippen molar-refractivity contribution in [1.29, 1.82) is 0 Å². The fourth-order valence-electron chi connectivity index (χ4n) is 2.25. The first-order chi connectivity index (χ1) is 9.34. The number of nitrogens with zero attached hydrogens (tertiary/aromatic N) is 1. The molecule has 0 saturated carbocycles.